The van der Waals surface area contributed by atoms with Crippen LogP contribution in [0.5, 0.6) is 5.75 Å². The zero-order valence-corrected chi connectivity index (χ0v) is 25.5. The predicted octanol–water partition coefficient (Wildman–Crippen LogP) is 5.31. The lowest BCUT2D eigenvalue weighted by molar-refractivity contribution is -0.139. The van der Waals surface area contributed by atoms with Gasteiger partial charge in [-0.1, -0.05) is 61.8 Å². The van der Waals surface area contributed by atoms with Gasteiger partial charge in [-0.2, -0.15) is 0 Å². The van der Waals surface area contributed by atoms with Crippen molar-refractivity contribution in [3.05, 3.63) is 89.4 Å². The second kappa shape index (κ2) is 14.9. The largest absolute Gasteiger partial charge is 0.497 e. The summed E-state index contributed by atoms with van der Waals surface area (Å²) < 4.78 is 34.1. The zero-order valence-electron chi connectivity index (χ0n) is 23.9. The Hall–Kier alpha value is -3.56. The molecule has 1 N–H and O–H groups in total. The fourth-order valence-electron chi connectivity index (χ4n) is 4.37. The first-order valence-electron chi connectivity index (χ1n) is 13.7. The summed E-state index contributed by atoms with van der Waals surface area (Å²) in [6, 6.07) is 21.1. The Morgan fingerprint density at radius 2 is 1.63 bits per heavy atom. The van der Waals surface area contributed by atoms with E-state index < -0.39 is 28.5 Å². The van der Waals surface area contributed by atoms with Crippen LogP contribution in [0.4, 0.5) is 5.69 Å². The van der Waals surface area contributed by atoms with Crippen LogP contribution in [-0.2, 0) is 26.0 Å². The number of carbonyl (C=O) groups is 2. The molecule has 0 aliphatic heterocycles. The van der Waals surface area contributed by atoms with E-state index in [0.29, 0.717) is 23.6 Å². The maximum atomic E-state index is 14.1. The number of sulfonamides is 1. The van der Waals surface area contributed by atoms with Crippen LogP contribution in [0.25, 0.3) is 0 Å². The average molecular weight is 600 g/mol. The number of nitrogens with one attached hydrogen (secondary N) is 1. The fourth-order valence-corrected chi connectivity index (χ4v) is 5.96. The molecule has 0 unspecified atom stereocenters. The summed E-state index contributed by atoms with van der Waals surface area (Å²) in [6.07, 6.45) is 1.61. The number of halogens is 1. The van der Waals surface area contributed by atoms with E-state index in [1.54, 1.807) is 30.3 Å². The Morgan fingerprint density at radius 3 is 2.22 bits per heavy atom. The van der Waals surface area contributed by atoms with Crippen molar-refractivity contribution >= 4 is 39.1 Å². The fraction of sp³-hybridized carbons (Fsp3) is 0.355. The normalized spacial score (nSPS) is 12.7. The second-order valence-corrected chi connectivity index (χ2v) is 12.0. The van der Waals surface area contributed by atoms with Gasteiger partial charge in [-0.25, -0.2) is 8.42 Å². The molecular weight excluding hydrogens is 562 g/mol. The standard InChI is InChI=1S/C31H38ClN3O5S/c1-5-23(3)33-31(37)29(6-2)34(20-19-24-11-8-7-9-12-24)30(36)22-35(26-14-10-13-25(32)21-26)41(38,39)28-17-15-27(40-4)16-18-28/h7-18,21,23,29H,5-6,19-20,22H2,1-4H3,(H,33,37)/t23-,29+/m1/s1. The van der Waals surface area contributed by atoms with Crippen LogP contribution in [0.15, 0.2) is 83.8 Å². The van der Waals surface area contributed by atoms with Crippen molar-refractivity contribution in [2.45, 2.75) is 57.0 Å². The molecule has 0 aliphatic carbocycles. The Balaban J connectivity index is 2.01. The van der Waals surface area contributed by atoms with Gasteiger partial charge in [-0.3, -0.25) is 13.9 Å². The molecule has 2 amide bonds. The van der Waals surface area contributed by atoms with Gasteiger partial charge >= 0.3 is 0 Å². The van der Waals surface area contributed by atoms with Gasteiger partial charge in [-0.05, 0) is 74.2 Å². The van der Waals surface area contributed by atoms with E-state index in [0.717, 1.165) is 16.3 Å². The molecular formula is C31H38ClN3O5S. The monoisotopic (exact) mass is 599 g/mol. The van der Waals surface area contributed by atoms with Crippen LogP contribution in [0.1, 0.15) is 39.2 Å². The summed E-state index contributed by atoms with van der Waals surface area (Å²) in [5, 5.41) is 3.30. The second-order valence-electron chi connectivity index (χ2n) is 9.73. The van der Waals surface area contributed by atoms with Crippen LogP contribution >= 0.6 is 11.6 Å². The number of methoxy groups -OCH3 is 1. The van der Waals surface area contributed by atoms with Gasteiger partial charge in [-0.15, -0.1) is 0 Å². The van der Waals surface area contributed by atoms with Crippen LogP contribution in [0.3, 0.4) is 0 Å². The maximum Gasteiger partial charge on any atom is 0.264 e. The molecule has 3 rings (SSSR count). The molecule has 3 aromatic carbocycles. The molecule has 0 radical (unpaired) electrons. The Bertz CT molecular complexity index is 1400. The number of hydrogen-bond acceptors (Lipinski definition) is 5. The lowest BCUT2D eigenvalue weighted by Gasteiger charge is -2.33. The minimum atomic E-state index is -4.20. The lowest BCUT2D eigenvalue weighted by atomic mass is 10.1. The molecule has 0 aliphatic rings. The van der Waals surface area contributed by atoms with Gasteiger partial charge in [0.2, 0.25) is 11.8 Å². The predicted molar refractivity (Wildman–Crippen MR) is 163 cm³/mol. The SMILES string of the molecule is CC[C@@H](C)NC(=O)[C@H](CC)N(CCc1ccccc1)C(=O)CN(c1cccc(Cl)c1)S(=O)(=O)c1ccc(OC)cc1. The maximum absolute atomic E-state index is 14.1. The molecule has 3 aromatic rings. The third kappa shape index (κ3) is 8.47. The van der Waals surface area contributed by atoms with Crippen molar-refractivity contribution in [3.63, 3.8) is 0 Å². The Morgan fingerprint density at radius 1 is 0.951 bits per heavy atom. The van der Waals surface area contributed by atoms with Gasteiger partial charge in [0, 0.05) is 17.6 Å². The number of rotatable bonds is 14. The number of anilines is 1. The van der Waals surface area contributed by atoms with Crippen molar-refractivity contribution in [2.24, 2.45) is 0 Å². The van der Waals surface area contributed by atoms with E-state index in [1.165, 1.54) is 30.2 Å². The molecule has 0 saturated carbocycles. The van der Waals surface area contributed by atoms with Crippen LogP contribution < -0.4 is 14.4 Å². The van der Waals surface area contributed by atoms with Gasteiger partial charge in [0.25, 0.3) is 10.0 Å². The third-order valence-corrected chi connectivity index (χ3v) is 8.92. The number of nitrogens with zero attached hydrogens (tertiary/aromatic N) is 2. The Labute approximate surface area is 248 Å². The lowest BCUT2D eigenvalue weighted by Crippen LogP contribution is -2.54. The quantitative estimate of drug-likeness (QED) is 0.271. The van der Waals surface area contributed by atoms with Gasteiger partial charge in [0.15, 0.2) is 0 Å². The number of hydrogen-bond donors (Lipinski definition) is 1. The van der Waals surface area contributed by atoms with Crippen LogP contribution in [0.2, 0.25) is 5.02 Å². The van der Waals surface area contributed by atoms with Gasteiger partial charge in [0.1, 0.15) is 18.3 Å². The average Bonchev–Trinajstić information content (AvgIpc) is 2.98. The minimum absolute atomic E-state index is 0.0107. The first-order chi connectivity index (χ1) is 19.6. The van der Waals surface area contributed by atoms with E-state index in [-0.39, 0.29) is 29.1 Å². The van der Waals surface area contributed by atoms with E-state index in [9.17, 15) is 18.0 Å². The van der Waals surface area contributed by atoms with Crippen molar-refractivity contribution in [1.29, 1.82) is 0 Å². The summed E-state index contributed by atoms with van der Waals surface area (Å²) in [6.45, 7) is 5.44. The molecule has 220 valence electrons. The van der Waals surface area contributed by atoms with Crippen molar-refractivity contribution in [1.82, 2.24) is 10.2 Å². The smallest absolute Gasteiger partial charge is 0.264 e. The molecule has 0 spiro atoms. The first kappa shape index (κ1) is 32.0. The molecule has 41 heavy (non-hydrogen) atoms. The van der Waals surface area contributed by atoms with E-state index >= 15 is 0 Å². The van der Waals surface area contributed by atoms with Gasteiger partial charge in [0.05, 0.1) is 17.7 Å². The highest BCUT2D eigenvalue weighted by molar-refractivity contribution is 7.92. The van der Waals surface area contributed by atoms with Crippen molar-refractivity contribution in [2.75, 3.05) is 24.5 Å². The summed E-state index contributed by atoms with van der Waals surface area (Å²) in [5.41, 5.74) is 1.24. The molecule has 0 aromatic heterocycles. The highest BCUT2D eigenvalue weighted by atomic mass is 35.5. The first-order valence-corrected chi connectivity index (χ1v) is 15.5. The summed E-state index contributed by atoms with van der Waals surface area (Å²) >= 11 is 6.23. The summed E-state index contributed by atoms with van der Waals surface area (Å²) in [5.74, 6) is -0.265. The molecule has 8 nitrogen and oxygen atoms in total. The summed E-state index contributed by atoms with van der Waals surface area (Å²) in [7, 11) is -2.70. The van der Waals surface area contributed by atoms with Gasteiger partial charge < -0.3 is 15.0 Å². The zero-order chi connectivity index (χ0) is 30.0. The van der Waals surface area contributed by atoms with Crippen LogP contribution in [-0.4, -0.2) is 57.4 Å². The minimum Gasteiger partial charge on any atom is -0.497 e. The van der Waals surface area contributed by atoms with E-state index in [1.807, 2.05) is 51.1 Å². The van der Waals surface area contributed by atoms with Crippen molar-refractivity contribution in [3.8, 4) is 5.75 Å². The topological polar surface area (TPSA) is 96.0 Å². The number of ether oxygens (including phenoxy) is 1. The molecule has 0 fully saturated rings. The summed E-state index contributed by atoms with van der Waals surface area (Å²) in [4.78, 5) is 28.9. The number of carbonyl (C=O) groups excluding carboxylic acids is 2. The molecule has 0 bridgehead atoms. The van der Waals surface area contributed by atoms with E-state index in [4.69, 9.17) is 16.3 Å². The van der Waals surface area contributed by atoms with Crippen LogP contribution in [0, 0.1) is 0 Å². The number of amides is 2. The van der Waals surface area contributed by atoms with Crippen molar-refractivity contribution < 1.29 is 22.7 Å². The Kier molecular flexibility index (Phi) is 11.6. The highest BCUT2D eigenvalue weighted by Gasteiger charge is 2.33. The third-order valence-electron chi connectivity index (χ3n) is 6.89. The molecule has 2 atom stereocenters. The molecule has 0 saturated heterocycles. The molecule has 10 heteroatoms. The molecule has 0 heterocycles. The highest BCUT2D eigenvalue weighted by Crippen LogP contribution is 2.27. The number of benzene rings is 3. The van der Waals surface area contributed by atoms with E-state index in [2.05, 4.69) is 5.32 Å².